The number of hydrazine groups is 1. The van der Waals surface area contributed by atoms with Crippen molar-refractivity contribution in [2.45, 2.75) is 57.4 Å². The first-order valence-electron chi connectivity index (χ1n) is 14.6. The quantitative estimate of drug-likeness (QED) is 0.325. The van der Waals surface area contributed by atoms with E-state index in [1.165, 1.54) is 6.33 Å². The van der Waals surface area contributed by atoms with E-state index in [-0.39, 0.29) is 11.6 Å². The SMILES string of the molecule is COCC[N+](=O)N1CCC(CNc2nc3cnc(-c4c(OC)ncnc4C4CC4)nc3n(C(C)C3CC3)c2=O)CC1. The van der Waals surface area contributed by atoms with E-state index in [9.17, 15) is 9.70 Å². The summed E-state index contributed by atoms with van der Waals surface area (Å²) in [6, 6.07) is -0.0218. The zero-order valence-electron chi connectivity index (χ0n) is 24.0. The maximum atomic E-state index is 13.9. The molecule has 3 aromatic heterocycles. The minimum Gasteiger partial charge on any atom is -0.480 e. The summed E-state index contributed by atoms with van der Waals surface area (Å²) in [5, 5.41) is 5.16. The Kier molecular flexibility index (Phi) is 7.78. The van der Waals surface area contributed by atoms with Crippen molar-refractivity contribution in [2.75, 3.05) is 52.3 Å². The van der Waals surface area contributed by atoms with Crippen molar-refractivity contribution in [1.29, 1.82) is 0 Å². The third-order valence-electron chi connectivity index (χ3n) is 8.52. The second kappa shape index (κ2) is 11.6. The van der Waals surface area contributed by atoms with Gasteiger partial charge in [0.15, 0.2) is 17.3 Å². The van der Waals surface area contributed by atoms with Crippen molar-refractivity contribution in [3.8, 4) is 17.3 Å². The molecule has 6 rings (SSSR count). The Morgan fingerprint density at radius 1 is 1.07 bits per heavy atom. The number of nitrogens with one attached hydrogen (secondary N) is 1. The first-order valence-corrected chi connectivity index (χ1v) is 14.6. The average Bonchev–Trinajstić information content (AvgIpc) is 3.92. The lowest BCUT2D eigenvalue weighted by Crippen LogP contribution is -2.42. The molecule has 1 atom stereocenters. The van der Waals surface area contributed by atoms with E-state index in [0.29, 0.717) is 84.8 Å². The molecule has 41 heavy (non-hydrogen) atoms. The smallest absolute Gasteiger partial charge is 0.295 e. The standard InChI is InChI=1S/C28H38N9O4/c1-17(19-4-5-19)37-26-21(15-30-24(34-26)22-23(20-6-7-20)31-16-32-27(22)41-3)33-25(28(37)38)29-14-18-8-10-35(11-9-18)36(39)12-13-40-2/h15-20H,4-14H2,1-3H3,(H,29,33)/q+1. The first-order chi connectivity index (χ1) is 20.0. The molecule has 0 amide bonds. The number of methoxy groups -OCH3 is 2. The summed E-state index contributed by atoms with van der Waals surface area (Å²) in [6.07, 6.45) is 9.21. The van der Waals surface area contributed by atoms with Crippen LogP contribution in [-0.2, 0) is 4.74 Å². The summed E-state index contributed by atoms with van der Waals surface area (Å²) >= 11 is 0. The largest absolute Gasteiger partial charge is 0.480 e. The van der Waals surface area contributed by atoms with Crippen LogP contribution in [-0.4, -0.2) is 86.4 Å². The Morgan fingerprint density at radius 3 is 2.54 bits per heavy atom. The second-order valence-corrected chi connectivity index (χ2v) is 11.4. The van der Waals surface area contributed by atoms with Gasteiger partial charge in [0.2, 0.25) is 12.4 Å². The number of hydrogen-bond acceptors (Lipinski definition) is 10. The van der Waals surface area contributed by atoms with Gasteiger partial charge in [0.05, 0.1) is 37.0 Å². The molecule has 13 heteroatoms. The number of hydrogen-bond donors (Lipinski definition) is 1. The Labute approximate surface area is 238 Å². The summed E-state index contributed by atoms with van der Waals surface area (Å²) < 4.78 is 12.4. The molecule has 4 heterocycles. The van der Waals surface area contributed by atoms with Gasteiger partial charge in [-0.3, -0.25) is 9.36 Å². The van der Waals surface area contributed by atoms with Crippen molar-refractivity contribution >= 4 is 17.0 Å². The van der Waals surface area contributed by atoms with E-state index in [4.69, 9.17) is 19.4 Å². The molecule has 1 unspecified atom stereocenters. The van der Waals surface area contributed by atoms with Crippen LogP contribution in [0.25, 0.3) is 22.6 Å². The van der Waals surface area contributed by atoms with E-state index in [0.717, 1.165) is 49.1 Å². The van der Waals surface area contributed by atoms with E-state index in [2.05, 4.69) is 27.2 Å². The van der Waals surface area contributed by atoms with Crippen molar-refractivity contribution in [1.82, 2.24) is 34.5 Å². The fourth-order valence-electron chi connectivity index (χ4n) is 5.72. The van der Waals surface area contributed by atoms with Crippen LogP contribution in [0.5, 0.6) is 5.88 Å². The van der Waals surface area contributed by atoms with Crippen LogP contribution in [0, 0.1) is 16.7 Å². The summed E-state index contributed by atoms with van der Waals surface area (Å²) in [6.45, 7) is 4.79. The molecule has 2 saturated carbocycles. The molecule has 1 N–H and O–H groups in total. The van der Waals surface area contributed by atoms with E-state index >= 15 is 0 Å². The molecule has 1 aliphatic heterocycles. The highest BCUT2D eigenvalue weighted by molar-refractivity contribution is 5.76. The number of nitrogens with zero attached hydrogens (tertiary/aromatic N) is 8. The predicted octanol–water partition coefficient (Wildman–Crippen LogP) is 2.96. The first kappa shape index (κ1) is 27.4. The molecule has 3 aromatic rings. The lowest BCUT2D eigenvalue weighted by molar-refractivity contribution is -0.710. The van der Waals surface area contributed by atoms with Gasteiger partial charge in [-0.1, -0.05) is 0 Å². The third kappa shape index (κ3) is 5.72. The Balaban J connectivity index is 1.28. The number of fused-ring (bicyclic) bond motifs is 1. The zero-order chi connectivity index (χ0) is 28.5. The topological polar surface area (TPSA) is 140 Å². The number of nitroso groups, excluding NO2 is 1. The Morgan fingerprint density at radius 2 is 1.85 bits per heavy atom. The van der Waals surface area contributed by atoms with Gasteiger partial charge >= 0.3 is 0 Å². The summed E-state index contributed by atoms with van der Waals surface area (Å²) in [4.78, 5) is 50.2. The van der Waals surface area contributed by atoms with Gasteiger partial charge in [-0.25, -0.2) is 24.9 Å². The summed E-state index contributed by atoms with van der Waals surface area (Å²) in [5.41, 5.74) is 2.46. The van der Waals surface area contributed by atoms with E-state index in [1.54, 1.807) is 25.0 Å². The lowest BCUT2D eigenvalue weighted by atomic mass is 9.98. The van der Waals surface area contributed by atoms with Crippen LogP contribution < -0.4 is 15.6 Å². The molecule has 3 fully saturated rings. The summed E-state index contributed by atoms with van der Waals surface area (Å²) in [7, 11) is 3.17. The minimum absolute atomic E-state index is 0.0218. The van der Waals surface area contributed by atoms with Gasteiger partial charge in [0, 0.05) is 25.6 Å². The highest BCUT2D eigenvalue weighted by Gasteiger charge is 2.34. The number of anilines is 1. The van der Waals surface area contributed by atoms with Crippen LogP contribution in [0.1, 0.15) is 63.1 Å². The maximum Gasteiger partial charge on any atom is 0.295 e. The number of aromatic nitrogens is 6. The Hall–Kier alpha value is -3.74. The maximum absolute atomic E-state index is 13.9. The second-order valence-electron chi connectivity index (χ2n) is 11.4. The normalized spacial score (nSPS) is 18.5. The van der Waals surface area contributed by atoms with Gasteiger partial charge in [0.1, 0.15) is 28.9 Å². The number of rotatable bonds is 12. The van der Waals surface area contributed by atoms with E-state index < -0.39 is 0 Å². The van der Waals surface area contributed by atoms with Crippen LogP contribution in [0.15, 0.2) is 17.3 Å². The number of piperidine rings is 1. The molecular weight excluding hydrogens is 526 g/mol. The van der Waals surface area contributed by atoms with Gasteiger partial charge in [-0.05, 0) is 57.3 Å². The van der Waals surface area contributed by atoms with Gasteiger partial charge in [-0.15, -0.1) is 5.01 Å². The van der Waals surface area contributed by atoms with Gasteiger partial charge in [-0.2, -0.15) is 0 Å². The van der Waals surface area contributed by atoms with Crippen molar-refractivity contribution in [2.24, 2.45) is 11.8 Å². The van der Waals surface area contributed by atoms with Crippen molar-refractivity contribution in [3.05, 3.63) is 33.5 Å². The van der Waals surface area contributed by atoms with Crippen LogP contribution in [0.4, 0.5) is 5.82 Å². The van der Waals surface area contributed by atoms with Gasteiger partial charge in [0.25, 0.3) is 5.56 Å². The van der Waals surface area contributed by atoms with Crippen LogP contribution in [0.3, 0.4) is 0 Å². The third-order valence-corrected chi connectivity index (χ3v) is 8.52. The molecule has 0 bridgehead atoms. The summed E-state index contributed by atoms with van der Waals surface area (Å²) in [5.74, 6) is 2.29. The Bertz CT molecular complexity index is 1480. The molecule has 0 spiro atoms. The molecular formula is C28H38N9O4+. The molecule has 1 saturated heterocycles. The highest BCUT2D eigenvalue weighted by Crippen LogP contribution is 2.45. The monoisotopic (exact) mass is 564 g/mol. The molecule has 0 radical (unpaired) electrons. The number of ether oxygens (including phenoxy) is 2. The molecule has 0 aromatic carbocycles. The lowest BCUT2D eigenvalue weighted by Gasteiger charge is -2.27. The fourth-order valence-corrected chi connectivity index (χ4v) is 5.72. The molecule has 2 aliphatic carbocycles. The molecule has 3 aliphatic rings. The molecule has 13 nitrogen and oxygen atoms in total. The van der Waals surface area contributed by atoms with Crippen LogP contribution >= 0.6 is 0 Å². The van der Waals surface area contributed by atoms with Gasteiger partial charge < -0.3 is 14.8 Å². The van der Waals surface area contributed by atoms with E-state index in [1.807, 2.05) is 5.01 Å². The zero-order valence-corrected chi connectivity index (χ0v) is 24.0. The minimum atomic E-state index is -0.178. The average molecular weight is 565 g/mol. The van der Waals surface area contributed by atoms with Crippen molar-refractivity contribution < 1.29 is 14.3 Å². The van der Waals surface area contributed by atoms with Crippen LogP contribution in [0.2, 0.25) is 0 Å². The molecule has 218 valence electrons. The van der Waals surface area contributed by atoms with Crippen molar-refractivity contribution in [3.63, 3.8) is 0 Å². The highest BCUT2D eigenvalue weighted by atomic mass is 16.5. The predicted molar refractivity (Wildman–Crippen MR) is 152 cm³/mol. The fraction of sp³-hybridized carbons (Fsp3) is 0.643.